The number of halogens is 1. The topological polar surface area (TPSA) is 73.8 Å². The number of rotatable bonds is 3. The van der Waals surface area contributed by atoms with Gasteiger partial charge in [-0.2, -0.15) is 0 Å². The third-order valence-electron chi connectivity index (χ3n) is 1.84. The summed E-state index contributed by atoms with van der Waals surface area (Å²) in [6.45, 7) is 14.5. The lowest BCUT2D eigenvalue weighted by atomic mass is 10.2. The van der Waals surface area contributed by atoms with E-state index in [1.54, 1.807) is 13.0 Å². The SMILES string of the molecule is CC.CCOC(C)=O.[C-]#[N+]Cc1ccc([N+](=O)[O-])cc1Br. The van der Waals surface area contributed by atoms with Crippen LogP contribution in [-0.4, -0.2) is 17.5 Å². The third-order valence-corrected chi connectivity index (χ3v) is 2.58. The molecule has 0 atom stereocenters. The number of carbonyl (C=O) groups excluding carboxylic acids is 1. The largest absolute Gasteiger partial charge is 0.466 e. The Morgan fingerprint density at radius 2 is 2.05 bits per heavy atom. The molecule has 0 bridgehead atoms. The summed E-state index contributed by atoms with van der Waals surface area (Å²) in [5.41, 5.74) is 0.793. The fourth-order valence-electron chi connectivity index (χ4n) is 1.07. The van der Waals surface area contributed by atoms with Crippen molar-refractivity contribution in [3.05, 3.63) is 49.8 Å². The van der Waals surface area contributed by atoms with Gasteiger partial charge < -0.3 is 9.58 Å². The highest BCUT2D eigenvalue weighted by molar-refractivity contribution is 9.10. The van der Waals surface area contributed by atoms with Crippen molar-refractivity contribution in [1.82, 2.24) is 0 Å². The summed E-state index contributed by atoms with van der Waals surface area (Å²) in [4.78, 5) is 22.9. The van der Waals surface area contributed by atoms with Crippen molar-refractivity contribution in [2.24, 2.45) is 0 Å². The van der Waals surface area contributed by atoms with Gasteiger partial charge >= 0.3 is 5.97 Å². The van der Waals surface area contributed by atoms with Gasteiger partial charge in [-0.25, -0.2) is 6.57 Å². The van der Waals surface area contributed by atoms with E-state index in [2.05, 4.69) is 25.5 Å². The summed E-state index contributed by atoms with van der Waals surface area (Å²) in [6, 6.07) is 4.38. The fraction of sp³-hybridized carbons (Fsp3) is 0.429. The second kappa shape index (κ2) is 13.1. The van der Waals surface area contributed by atoms with Crippen LogP contribution in [0.1, 0.15) is 33.3 Å². The zero-order valence-corrected chi connectivity index (χ0v) is 14.1. The molecule has 21 heavy (non-hydrogen) atoms. The van der Waals surface area contributed by atoms with Gasteiger partial charge in [0.1, 0.15) is 0 Å². The second-order valence-corrected chi connectivity index (χ2v) is 4.13. The first kappa shape index (κ1) is 21.4. The van der Waals surface area contributed by atoms with Crippen LogP contribution in [0.2, 0.25) is 0 Å². The van der Waals surface area contributed by atoms with Gasteiger partial charge in [-0.3, -0.25) is 14.9 Å². The predicted molar refractivity (Wildman–Crippen MR) is 84.8 cm³/mol. The van der Waals surface area contributed by atoms with E-state index in [0.717, 1.165) is 5.56 Å². The zero-order chi connectivity index (χ0) is 16.8. The lowest BCUT2D eigenvalue weighted by Crippen LogP contribution is -1.95. The minimum Gasteiger partial charge on any atom is -0.466 e. The average molecular weight is 359 g/mol. The molecule has 1 aromatic carbocycles. The third kappa shape index (κ3) is 10.5. The average Bonchev–Trinajstić information content (AvgIpc) is 2.44. The Morgan fingerprint density at radius 3 is 2.33 bits per heavy atom. The summed E-state index contributed by atoms with van der Waals surface area (Å²) in [7, 11) is 0. The summed E-state index contributed by atoms with van der Waals surface area (Å²) in [5, 5.41) is 10.3. The van der Waals surface area contributed by atoms with E-state index in [9.17, 15) is 14.9 Å². The fourth-order valence-corrected chi connectivity index (χ4v) is 1.56. The Kier molecular flexibility index (Phi) is 13.3. The molecule has 1 rings (SSSR count). The highest BCUT2D eigenvalue weighted by Crippen LogP contribution is 2.23. The van der Waals surface area contributed by atoms with Gasteiger partial charge in [0.15, 0.2) is 0 Å². The molecule has 0 radical (unpaired) electrons. The molecule has 0 heterocycles. The molecule has 6 nitrogen and oxygen atoms in total. The molecule has 0 fully saturated rings. The van der Waals surface area contributed by atoms with Crippen molar-refractivity contribution in [2.45, 2.75) is 34.2 Å². The number of nitro benzene ring substituents is 1. The molecule has 0 spiro atoms. The normalized spacial score (nSPS) is 8.19. The van der Waals surface area contributed by atoms with Crippen LogP contribution in [0.25, 0.3) is 4.85 Å². The van der Waals surface area contributed by atoms with Crippen LogP contribution in [0.5, 0.6) is 0 Å². The van der Waals surface area contributed by atoms with E-state index < -0.39 is 4.92 Å². The molecule has 1 aromatic rings. The van der Waals surface area contributed by atoms with Gasteiger partial charge in [0.25, 0.3) is 5.69 Å². The lowest BCUT2D eigenvalue weighted by Gasteiger charge is -1.96. The molecule has 0 aliphatic rings. The highest BCUT2D eigenvalue weighted by Gasteiger charge is 2.09. The van der Waals surface area contributed by atoms with Crippen LogP contribution in [0, 0.1) is 16.7 Å². The van der Waals surface area contributed by atoms with Crippen molar-refractivity contribution < 1.29 is 14.5 Å². The summed E-state index contributed by atoms with van der Waals surface area (Å²) in [5.74, 6) is -0.211. The molecular formula is C14H19BrN2O4. The minimum atomic E-state index is -0.466. The van der Waals surface area contributed by atoms with Crippen LogP contribution in [0.3, 0.4) is 0 Å². The summed E-state index contributed by atoms with van der Waals surface area (Å²) < 4.78 is 5.01. The van der Waals surface area contributed by atoms with Gasteiger partial charge in [-0.15, -0.1) is 0 Å². The lowest BCUT2D eigenvalue weighted by molar-refractivity contribution is -0.384. The minimum absolute atomic E-state index is 0.0283. The van der Waals surface area contributed by atoms with Crippen molar-refractivity contribution in [2.75, 3.05) is 6.61 Å². The number of hydrogen-bond donors (Lipinski definition) is 0. The van der Waals surface area contributed by atoms with Crippen molar-refractivity contribution in [3.8, 4) is 0 Å². The first-order chi connectivity index (χ1) is 9.92. The Bertz CT molecular complexity index is 498. The molecule has 7 heteroatoms. The highest BCUT2D eigenvalue weighted by atomic mass is 79.9. The summed E-state index contributed by atoms with van der Waals surface area (Å²) in [6.07, 6.45) is 0. The molecule has 0 aliphatic carbocycles. The molecule has 0 amide bonds. The van der Waals surface area contributed by atoms with Gasteiger partial charge in [0.2, 0.25) is 6.54 Å². The van der Waals surface area contributed by atoms with E-state index >= 15 is 0 Å². The second-order valence-electron chi connectivity index (χ2n) is 3.27. The Hall–Kier alpha value is -1.94. The van der Waals surface area contributed by atoms with E-state index in [4.69, 9.17) is 6.57 Å². The Balaban J connectivity index is 0. The monoisotopic (exact) mass is 358 g/mol. The quantitative estimate of drug-likeness (QED) is 0.348. The number of nitro groups is 1. The van der Waals surface area contributed by atoms with Crippen molar-refractivity contribution >= 4 is 27.6 Å². The van der Waals surface area contributed by atoms with Gasteiger partial charge in [0.05, 0.1) is 11.5 Å². The molecule has 0 aliphatic heterocycles. The maximum Gasteiger partial charge on any atom is 0.302 e. The number of hydrogen-bond acceptors (Lipinski definition) is 4. The number of ether oxygens (including phenoxy) is 1. The Morgan fingerprint density at radius 1 is 1.48 bits per heavy atom. The van der Waals surface area contributed by atoms with Crippen LogP contribution >= 0.6 is 15.9 Å². The number of benzene rings is 1. The van der Waals surface area contributed by atoms with Gasteiger partial charge in [0, 0.05) is 29.1 Å². The van der Waals surface area contributed by atoms with E-state index in [1.165, 1.54) is 19.1 Å². The number of non-ortho nitro benzene ring substituents is 1. The molecule has 0 aromatic heterocycles. The first-order valence-electron chi connectivity index (χ1n) is 6.31. The van der Waals surface area contributed by atoms with E-state index in [1.807, 2.05) is 13.8 Å². The van der Waals surface area contributed by atoms with Crippen molar-refractivity contribution in [1.29, 1.82) is 0 Å². The van der Waals surface area contributed by atoms with Crippen LogP contribution in [-0.2, 0) is 16.1 Å². The van der Waals surface area contributed by atoms with Crippen LogP contribution < -0.4 is 0 Å². The molecule has 0 N–H and O–H groups in total. The standard InChI is InChI=1S/C8H5BrN2O2.C4H8O2.C2H6/c1-10-5-6-2-3-7(11(12)13)4-8(6)9;1-3-6-4(2)5;1-2/h2-4H,5H2;3H2,1-2H3;1-2H3. The molecule has 116 valence electrons. The summed E-state index contributed by atoms with van der Waals surface area (Å²) >= 11 is 3.17. The van der Waals surface area contributed by atoms with Gasteiger partial charge in [-0.05, 0) is 28.9 Å². The van der Waals surface area contributed by atoms with Crippen LogP contribution in [0.4, 0.5) is 5.69 Å². The number of carbonyl (C=O) groups is 1. The smallest absolute Gasteiger partial charge is 0.302 e. The van der Waals surface area contributed by atoms with E-state index in [0.29, 0.717) is 11.1 Å². The maximum absolute atomic E-state index is 10.3. The number of esters is 1. The van der Waals surface area contributed by atoms with Gasteiger partial charge in [-0.1, -0.05) is 13.8 Å². The maximum atomic E-state index is 10.3. The zero-order valence-electron chi connectivity index (χ0n) is 12.6. The van der Waals surface area contributed by atoms with Crippen LogP contribution in [0.15, 0.2) is 22.7 Å². The molecule has 0 unspecified atom stereocenters. The predicted octanol–water partition coefficient (Wildman–Crippen LogP) is 4.37. The van der Waals surface area contributed by atoms with E-state index in [-0.39, 0.29) is 18.2 Å². The number of nitrogens with zero attached hydrogens (tertiary/aromatic N) is 2. The Labute approximate surface area is 133 Å². The molecule has 0 saturated carbocycles. The molecular weight excluding hydrogens is 340 g/mol. The molecule has 0 saturated heterocycles. The first-order valence-corrected chi connectivity index (χ1v) is 7.11. The van der Waals surface area contributed by atoms with Crippen molar-refractivity contribution in [3.63, 3.8) is 0 Å².